The van der Waals surface area contributed by atoms with E-state index in [1.54, 1.807) is 0 Å². The predicted molar refractivity (Wildman–Crippen MR) is 91.3 cm³/mol. The zero-order valence-corrected chi connectivity index (χ0v) is 14.9. The Bertz CT molecular complexity index is 357. The Morgan fingerprint density at radius 1 is 1.22 bits per heavy atom. The van der Waals surface area contributed by atoms with Gasteiger partial charge in [0.25, 0.3) is 0 Å². The fourth-order valence-corrected chi connectivity index (χ4v) is 3.61. The van der Waals surface area contributed by atoms with E-state index in [4.69, 9.17) is 4.74 Å². The van der Waals surface area contributed by atoms with Crippen LogP contribution in [0.5, 0.6) is 0 Å². The second-order valence-electron chi connectivity index (χ2n) is 7.87. The summed E-state index contributed by atoms with van der Waals surface area (Å²) >= 11 is 0. The number of rotatable bonds is 7. The molecule has 1 aliphatic carbocycles. The molecule has 0 aromatic rings. The zero-order chi connectivity index (χ0) is 16.7. The highest BCUT2D eigenvalue weighted by Gasteiger charge is 2.29. The second kappa shape index (κ2) is 9.00. The van der Waals surface area contributed by atoms with Crippen LogP contribution in [0.25, 0.3) is 0 Å². The first kappa shape index (κ1) is 18.7. The van der Waals surface area contributed by atoms with E-state index in [0.717, 1.165) is 52.2 Å². The van der Waals surface area contributed by atoms with Crippen molar-refractivity contribution in [3.8, 4) is 0 Å². The molecular weight excluding hydrogens is 292 g/mol. The standard InChI is InChI=1S/C18H34N2O3/c1-18(2)5-3-16(4-6-18)15-17(22)20(9-12-21)8-7-19-10-13-23-14-11-19/h16,21H,3-15H2,1-2H3. The third-order valence-corrected chi connectivity index (χ3v) is 5.43. The number of hydrogen-bond donors (Lipinski definition) is 1. The normalized spacial score (nSPS) is 22.9. The smallest absolute Gasteiger partial charge is 0.222 e. The first-order valence-corrected chi connectivity index (χ1v) is 9.19. The largest absolute Gasteiger partial charge is 0.395 e. The molecule has 2 aliphatic rings. The maximum Gasteiger partial charge on any atom is 0.222 e. The van der Waals surface area contributed by atoms with Gasteiger partial charge in [-0.2, -0.15) is 0 Å². The molecule has 1 aliphatic heterocycles. The molecule has 1 heterocycles. The van der Waals surface area contributed by atoms with E-state index in [1.165, 1.54) is 12.8 Å². The average Bonchev–Trinajstić information content (AvgIpc) is 2.54. The summed E-state index contributed by atoms with van der Waals surface area (Å²) in [5.74, 6) is 0.747. The topological polar surface area (TPSA) is 53.0 Å². The molecule has 1 N–H and O–H groups in total. The lowest BCUT2D eigenvalue weighted by molar-refractivity contribution is -0.133. The van der Waals surface area contributed by atoms with Gasteiger partial charge in [-0.1, -0.05) is 13.8 Å². The van der Waals surface area contributed by atoms with E-state index in [-0.39, 0.29) is 12.5 Å². The molecule has 5 nitrogen and oxygen atoms in total. The number of nitrogens with zero attached hydrogens (tertiary/aromatic N) is 2. The SMILES string of the molecule is CC1(C)CCC(CC(=O)N(CCO)CCN2CCOCC2)CC1. The number of carbonyl (C=O) groups is 1. The summed E-state index contributed by atoms with van der Waals surface area (Å²) in [6, 6.07) is 0. The third-order valence-electron chi connectivity index (χ3n) is 5.43. The molecule has 134 valence electrons. The van der Waals surface area contributed by atoms with Crippen LogP contribution in [0.1, 0.15) is 46.0 Å². The fraction of sp³-hybridized carbons (Fsp3) is 0.944. The summed E-state index contributed by atoms with van der Waals surface area (Å²) in [4.78, 5) is 16.8. The number of hydrogen-bond acceptors (Lipinski definition) is 4. The molecule has 0 bridgehead atoms. The van der Waals surface area contributed by atoms with E-state index in [0.29, 0.717) is 24.3 Å². The zero-order valence-electron chi connectivity index (χ0n) is 14.9. The van der Waals surface area contributed by atoms with Gasteiger partial charge in [0.05, 0.1) is 19.8 Å². The van der Waals surface area contributed by atoms with Gasteiger partial charge in [-0.25, -0.2) is 0 Å². The van der Waals surface area contributed by atoms with Crippen molar-refractivity contribution in [1.29, 1.82) is 0 Å². The lowest BCUT2D eigenvalue weighted by Gasteiger charge is -2.35. The van der Waals surface area contributed by atoms with Gasteiger partial charge in [0.15, 0.2) is 0 Å². The molecule has 1 saturated heterocycles. The maximum absolute atomic E-state index is 12.6. The van der Waals surface area contributed by atoms with Crippen LogP contribution in [-0.4, -0.2) is 73.4 Å². The molecule has 0 spiro atoms. The van der Waals surface area contributed by atoms with Crippen LogP contribution in [0.3, 0.4) is 0 Å². The molecule has 23 heavy (non-hydrogen) atoms. The quantitative estimate of drug-likeness (QED) is 0.774. The minimum absolute atomic E-state index is 0.0482. The van der Waals surface area contributed by atoms with E-state index >= 15 is 0 Å². The first-order valence-electron chi connectivity index (χ1n) is 9.19. The third kappa shape index (κ3) is 6.40. The van der Waals surface area contributed by atoms with Crippen LogP contribution in [0.15, 0.2) is 0 Å². The minimum atomic E-state index is 0.0482. The number of carbonyl (C=O) groups excluding carboxylic acids is 1. The monoisotopic (exact) mass is 326 g/mol. The Morgan fingerprint density at radius 3 is 2.48 bits per heavy atom. The summed E-state index contributed by atoms with van der Waals surface area (Å²) in [7, 11) is 0. The van der Waals surface area contributed by atoms with Crippen molar-refractivity contribution in [1.82, 2.24) is 9.80 Å². The van der Waals surface area contributed by atoms with E-state index in [1.807, 2.05) is 4.90 Å². The summed E-state index contributed by atoms with van der Waals surface area (Å²) in [5.41, 5.74) is 0.445. The molecule has 0 atom stereocenters. The predicted octanol–water partition coefficient (Wildman–Crippen LogP) is 1.75. The highest BCUT2D eigenvalue weighted by Crippen LogP contribution is 2.39. The summed E-state index contributed by atoms with van der Waals surface area (Å²) in [5, 5.41) is 9.27. The average molecular weight is 326 g/mol. The molecule has 1 saturated carbocycles. The fourth-order valence-electron chi connectivity index (χ4n) is 3.61. The van der Waals surface area contributed by atoms with Crippen molar-refractivity contribution < 1.29 is 14.6 Å². The lowest BCUT2D eigenvalue weighted by Crippen LogP contribution is -2.44. The van der Waals surface area contributed by atoms with Gasteiger partial charge in [0, 0.05) is 39.1 Å². The molecule has 0 unspecified atom stereocenters. The number of amides is 1. The van der Waals surface area contributed by atoms with Crippen molar-refractivity contribution >= 4 is 5.91 Å². The van der Waals surface area contributed by atoms with Gasteiger partial charge in [-0.05, 0) is 37.0 Å². The van der Waals surface area contributed by atoms with Gasteiger partial charge >= 0.3 is 0 Å². The highest BCUT2D eigenvalue weighted by atomic mass is 16.5. The molecular formula is C18H34N2O3. The van der Waals surface area contributed by atoms with Crippen LogP contribution in [0.4, 0.5) is 0 Å². The van der Waals surface area contributed by atoms with Crippen LogP contribution < -0.4 is 0 Å². The summed E-state index contributed by atoms with van der Waals surface area (Å²) in [6.45, 7) is 10.2. The Morgan fingerprint density at radius 2 is 1.87 bits per heavy atom. The number of ether oxygens (including phenoxy) is 1. The van der Waals surface area contributed by atoms with Crippen LogP contribution >= 0.6 is 0 Å². The van der Waals surface area contributed by atoms with Crippen molar-refractivity contribution in [2.24, 2.45) is 11.3 Å². The van der Waals surface area contributed by atoms with Crippen molar-refractivity contribution in [2.45, 2.75) is 46.0 Å². The lowest BCUT2D eigenvalue weighted by atomic mass is 9.72. The molecule has 0 radical (unpaired) electrons. The maximum atomic E-state index is 12.6. The van der Waals surface area contributed by atoms with Gasteiger partial charge in [0.2, 0.25) is 5.91 Å². The first-order chi connectivity index (χ1) is 11.0. The van der Waals surface area contributed by atoms with Crippen LogP contribution in [-0.2, 0) is 9.53 Å². The van der Waals surface area contributed by atoms with Gasteiger partial charge in [-0.15, -0.1) is 0 Å². The van der Waals surface area contributed by atoms with Crippen LogP contribution in [0, 0.1) is 11.3 Å². The Kier molecular flexibility index (Phi) is 7.31. The minimum Gasteiger partial charge on any atom is -0.395 e. The molecule has 1 amide bonds. The van der Waals surface area contributed by atoms with Crippen LogP contribution in [0.2, 0.25) is 0 Å². The van der Waals surface area contributed by atoms with Crippen molar-refractivity contribution in [3.05, 3.63) is 0 Å². The molecule has 0 aromatic carbocycles. The molecule has 5 heteroatoms. The second-order valence-corrected chi connectivity index (χ2v) is 7.87. The number of aliphatic hydroxyl groups excluding tert-OH is 1. The highest BCUT2D eigenvalue weighted by molar-refractivity contribution is 5.76. The summed E-state index contributed by atoms with van der Waals surface area (Å²) < 4.78 is 5.36. The van der Waals surface area contributed by atoms with Gasteiger partial charge in [-0.3, -0.25) is 9.69 Å². The molecule has 2 fully saturated rings. The Labute approximate surface area is 141 Å². The van der Waals surface area contributed by atoms with E-state index < -0.39 is 0 Å². The Hall–Kier alpha value is -0.650. The van der Waals surface area contributed by atoms with Gasteiger partial charge in [0.1, 0.15) is 0 Å². The summed E-state index contributed by atoms with van der Waals surface area (Å²) in [6.07, 6.45) is 5.42. The Balaban J connectivity index is 1.76. The number of aliphatic hydroxyl groups is 1. The van der Waals surface area contributed by atoms with Gasteiger partial charge < -0.3 is 14.7 Å². The van der Waals surface area contributed by atoms with E-state index in [9.17, 15) is 9.90 Å². The van der Waals surface area contributed by atoms with E-state index in [2.05, 4.69) is 18.7 Å². The number of morpholine rings is 1. The van der Waals surface area contributed by atoms with Crippen molar-refractivity contribution in [3.63, 3.8) is 0 Å². The van der Waals surface area contributed by atoms with Crippen molar-refractivity contribution in [2.75, 3.05) is 52.5 Å². The molecule has 0 aromatic heterocycles. The molecule has 2 rings (SSSR count).